The first-order valence-corrected chi connectivity index (χ1v) is 8.56. The molecular weight excluding hydrogens is 387 g/mol. The van der Waals surface area contributed by atoms with Crippen LogP contribution >= 0.6 is 0 Å². The lowest BCUT2D eigenvalue weighted by molar-refractivity contribution is -0.137. The molecule has 3 aromatic rings. The van der Waals surface area contributed by atoms with E-state index < -0.39 is 23.2 Å². The molecule has 1 amide bonds. The van der Waals surface area contributed by atoms with Gasteiger partial charge in [-0.1, -0.05) is 11.2 Å². The maximum atomic E-state index is 13.1. The summed E-state index contributed by atoms with van der Waals surface area (Å²) in [6, 6.07) is 7.75. The van der Waals surface area contributed by atoms with Crippen molar-refractivity contribution in [2.45, 2.75) is 32.6 Å². The van der Waals surface area contributed by atoms with Gasteiger partial charge in [0.1, 0.15) is 5.76 Å². The molecule has 0 bridgehead atoms. The summed E-state index contributed by atoms with van der Waals surface area (Å²) >= 11 is 0. The van der Waals surface area contributed by atoms with Crippen molar-refractivity contribution in [3.8, 4) is 17.3 Å². The molecule has 1 unspecified atom stereocenters. The number of alkyl halides is 3. The number of benzene rings is 1. The molecule has 0 fully saturated rings. The summed E-state index contributed by atoms with van der Waals surface area (Å²) in [4.78, 5) is 12.1. The van der Waals surface area contributed by atoms with E-state index in [2.05, 4.69) is 15.6 Å². The number of aryl methyl sites for hydroxylation is 1. The highest BCUT2D eigenvalue weighted by molar-refractivity contribution is 5.92. The molecule has 0 aliphatic rings. The second-order valence-electron chi connectivity index (χ2n) is 6.49. The van der Waals surface area contributed by atoms with Gasteiger partial charge >= 0.3 is 6.18 Å². The lowest BCUT2D eigenvalue weighted by Gasteiger charge is -2.13. The van der Waals surface area contributed by atoms with E-state index >= 15 is 0 Å². The summed E-state index contributed by atoms with van der Waals surface area (Å²) in [5.74, 6) is 0.115. The quantitative estimate of drug-likeness (QED) is 0.703. The van der Waals surface area contributed by atoms with Crippen LogP contribution in [0.3, 0.4) is 0 Å². The smallest absolute Gasteiger partial charge is 0.361 e. The van der Waals surface area contributed by atoms with Gasteiger partial charge in [-0.25, -0.2) is 0 Å². The van der Waals surface area contributed by atoms with E-state index in [0.29, 0.717) is 18.0 Å². The van der Waals surface area contributed by atoms with Crippen molar-refractivity contribution >= 4 is 5.91 Å². The topological polar surface area (TPSA) is 96.7 Å². The second-order valence-corrected chi connectivity index (χ2v) is 6.49. The Labute approximate surface area is 163 Å². The molecule has 29 heavy (non-hydrogen) atoms. The first kappa shape index (κ1) is 20.1. The molecule has 2 aromatic heterocycles. The van der Waals surface area contributed by atoms with Crippen LogP contribution in [0.4, 0.5) is 13.2 Å². The monoisotopic (exact) mass is 403 g/mol. The summed E-state index contributed by atoms with van der Waals surface area (Å²) < 4.78 is 45.8. The number of halogens is 3. The van der Waals surface area contributed by atoms with Gasteiger partial charge in [0.15, 0.2) is 5.69 Å². The molecule has 7 nitrogen and oxygen atoms in total. The van der Waals surface area contributed by atoms with Crippen LogP contribution in [0.1, 0.15) is 34.3 Å². The van der Waals surface area contributed by atoms with Crippen LogP contribution in [-0.2, 0) is 12.7 Å². The van der Waals surface area contributed by atoms with Crippen molar-refractivity contribution in [2.24, 2.45) is 0 Å². The Morgan fingerprint density at radius 1 is 1.34 bits per heavy atom. The van der Waals surface area contributed by atoms with Gasteiger partial charge in [-0.2, -0.15) is 23.5 Å². The van der Waals surface area contributed by atoms with Gasteiger partial charge in [-0.3, -0.25) is 9.48 Å². The van der Waals surface area contributed by atoms with Gasteiger partial charge in [-0.05, 0) is 32.0 Å². The molecule has 0 aliphatic carbocycles. The molecule has 0 radical (unpaired) electrons. The van der Waals surface area contributed by atoms with Crippen LogP contribution < -0.4 is 5.32 Å². The van der Waals surface area contributed by atoms with Gasteiger partial charge in [-0.15, -0.1) is 0 Å². The third kappa shape index (κ3) is 4.63. The van der Waals surface area contributed by atoms with Crippen molar-refractivity contribution < 1.29 is 22.5 Å². The standard InChI is InChI=1S/C19H16F3N5O2/c1-11(24-18(28)17-7-12(2)29-26-17)10-27-6-5-16(25-27)13-3-4-14(9-23)15(8-13)19(20,21)22/h3-8,11H,10H2,1-2H3,(H,24,28). The molecular formula is C19H16F3N5O2. The Balaban J connectivity index is 1.72. The minimum atomic E-state index is -4.64. The number of carbonyl (C=O) groups is 1. The number of rotatable bonds is 5. The molecule has 1 atom stereocenters. The zero-order chi connectivity index (χ0) is 21.2. The third-order valence-corrected chi connectivity index (χ3v) is 4.08. The van der Waals surface area contributed by atoms with Crippen molar-refractivity contribution in [3.63, 3.8) is 0 Å². The number of nitrogens with one attached hydrogen (secondary N) is 1. The molecule has 0 saturated carbocycles. The van der Waals surface area contributed by atoms with Gasteiger partial charge in [0, 0.05) is 23.9 Å². The fourth-order valence-corrected chi connectivity index (χ4v) is 2.75. The zero-order valence-electron chi connectivity index (χ0n) is 15.5. The van der Waals surface area contributed by atoms with Crippen molar-refractivity contribution in [1.82, 2.24) is 20.3 Å². The Morgan fingerprint density at radius 3 is 2.72 bits per heavy atom. The van der Waals surface area contributed by atoms with Gasteiger partial charge in [0.05, 0.1) is 29.4 Å². The van der Waals surface area contributed by atoms with Crippen LogP contribution in [0.5, 0.6) is 0 Å². The van der Waals surface area contributed by atoms with E-state index in [-0.39, 0.29) is 17.3 Å². The van der Waals surface area contributed by atoms with E-state index in [1.807, 2.05) is 0 Å². The average molecular weight is 403 g/mol. The number of aromatic nitrogens is 3. The number of amides is 1. The Morgan fingerprint density at radius 2 is 2.10 bits per heavy atom. The fourth-order valence-electron chi connectivity index (χ4n) is 2.75. The summed E-state index contributed by atoms with van der Waals surface area (Å²) in [5.41, 5.74) is -0.723. The summed E-state index contributed by atoms with van der Waals surface area (Å²) in [5, 5.41) is 19.5. The fraction of sp³-hybridized carbons (Fsp3) is 0.263. The van der Waals surface area contributed by atoms with Crippen LogP contribution in [0, 0.1) is 18.3 Å². The van der Waals surface area contributed by atoms with Gasteiger partial charge in [0.2, 0.25) is 0 Å². The molecule has 1 aromatic carbocycles. The number of carbonyl (C=O) groups excluding carboxylic acids is 1. The molecule has 2 heterocycles. The zero-order valence-corrected chi connectivity index (χ0v) is 15.5. The number of hydrogen-bond acceptors (Lipinski definition) is 5. The van der Waals surface area contributed by atoms with Gasteiger partial charge in [0.25, 0.3) is 5.91 Å². The van der Waals surface area contributed by atoms with Crippen LogP contribution in [0.15, 0.2) is 41.1 Å². The van der Waals surface area contributed by atoms with Crippen LogP contribution in [0.25, 0.3) is 11.3 Å². The van der Waals surface area contributed by atoms with E-state index in [0.717, 1.165) is 12.1 Å². The Bertz CT molecular complexity index is 1080. The highest BCUT2D eigenvalue weighted by Gasteiger charge is 2.34. The SMILES string of the molecule is Cc1cc(C(=O)NC(C)Cn2ccc(-c3ccc(C#N)c(C(F)(F)F)c3)n2)no1. The highest BCUT2D eigenvalue weighted by atomic mass is 19.4. The van der Waals surface area contributed by atoms with E-state index in [4.69, 9.17) is 9.78 Å². The normalized spacial score (nSPS) is 12.4. The Kier molecular flexibility index (Phi) is 5.41. The maximum Gasteiger partial charge on any atom is 0.417 e. The summed E-state index contributed by atoms with van der Waals surface area (Å²) in [6.45, 7) is 3.73. The molecule has 150 valence electrons. The predicted octanol–water partition coefficient (Wildman–Crippen LogP) is 3.56. The number of nitriles is 1. The third-order valence-electron chi connectivity index (χ3n) is 4.08. The second kappa shape index (κ2) is 7.79. The number of nitrogens with zero attached hydrogens (tertiary/aromatic N) is 4. The minimum Gasteiger partial charge on any atom is -0.361 e. The molecule has 1 N–H and O–H groups in total. The Hall–Kier alpha value is -3.61. The van der Waals surface area contributed by atoms with Crippen LogP contribution in [0.2, 0.25) is 0 Å². The van der Waals surface area contributed by atoms with Crippen molar-refractivity contribution in [3.05, 3.63) is 59.1 Å². The first-order chi connectivity index (χ1) is 13.7. The molecule has 0 spiro atoms. The van der Waals surface area contributed by atoms with E-state index in [1.165, 1.54) is 16.8 Å². The molecule has 10 heteroatoms. The van der Waals surface area contributed by atoms with Gasteiger partial charge < -0.3 is 9.84 Å². The molecule has 3 rings (SSSR count). The largest absolute Gasteiger partial charge is 0.417 e. The van der Waals surface area contributed by atoms with Crippen molar-refractivity contribution in [2.75, 3.05) is 0 Å². The summed E-state index contributed by atoms with van der Waals surface area (Å²) in [6.07, 6.45) is -3.04. The van der Waals surface area contributed by atoms with E-state index in [1.54, 1.807) is 32.2 Å². The number of hydrogen-bond donors (Lipinski definition) is 1. The predicted molar refractivity (Wildman–Crippen MR) is 95.5 cm³/mol. The summed E-state index contributed by atoms with van der Waals surface area (Å²) in [7, 11) is 0. The lowest BCUT2D eigenvalue weighted by atomic mass is 10.0. The first-order valence-electron chi connectivity index (χ1n) is 8.56. The highest BCUT2D eigenvalue weighted by Crippen LogP contribution is 2.34. The van der Waals surface area contributed by atoms with E-state index in [9.17, 15) is 18.0 Å². The van der Waals surface area contributed by atoms with Crippen LogP contribution in [-0.4, -0.2) is 26.9 Å². The molecule has 0 aliphatic heterocycles. The average Bonchev–Trinajstić information content (AvgIpc) is 3.29. The van der Waals surface area contributed by atoms with Crippen molar-refractivity contribution in [1.29, 1.82) is 5.26 Å². The minimum absolute atomic E-state index is 0.160. The lowest BCUT2D eigenvalue weighted by Crippen LogP contribution is -2.36. The maximum absolute atomic E-state index is 13.1. The molecule has 0 saturated heterocycles.